The number of hydrogen-bond acceptors (Lipinski definition) is 4. The van der Waals surface area contributed by atoms with Crippen LogP contribution in [0.5, 0.6) is 0 Å². The minimum Gasteiger partial charge on any atom is -0.340 e. The van der Waals surface area contributed by atoms with Gasteiger partial charge in [0, 0.05) is 32.3 Å². The molecule has 7 heteroatoms. The number of piperidine rings is 1. The van der Waals surface area contributed by atoms with Gasteiger partial charge < -0.3 is 9.47 Å². The smallest absolute Gasteiger partial charge is 0.250 e. The largest absolute Gasteiger partial charge is 0.340 e. The van der Waals surface area contributed by atoms with Crippen LogP contribution in [0, 0.1) is 6.92 Å². The lowest BCUT2D eigenvalue weighted by atomic mass is 9.94. The normalized spacial score (nSPS) is 19.1. The van der Waals surface area contributed by atoms with Crippen molar-refractivity contribution >= 4 is 5.91 Å². The molecule has 1 saturated heterocycles. The van der Waals surface area contributed by atoms with Gasteiger partial charge in [0.2, 0.25) is 5.91 Å². The number of hydrogen-bond donors (Lipinski definition) is 0. The Labute approximate surface area is 136 Å². The first-order chi connectivity index (χ1) is 10.9. The number of carbonyl (C=O) groups is 1. The molecule has 0 unspecified atom stereocenters. The summed E-state index contributed by atoms with van der Waals surface area (Å²) in [5.74, 6) is 1.44. The summed E-state index contributed by atoms with van der Waals surface area (Å²) in [7, 11) is 2.02. The summed E-state index contributed by atoms with van der Waals surface area (Å²) in [6.45, 7) is 7.28. The van der Waals surface area contributed by atoms with Crippen molar-refractivity contribution in [3.8, 4) is 0 Å². The molecule has 0 spiro atoms. The molecular formula is C16H24N6O. The maximum absolute atomic E-state index is 13.0. The van der Waals surface area contributed by atoms with Gasteiger partial charge in [0.1, 0.15) is 24.0 Å². The Hall–Kier alpha value is -2.18. The summed E-state index contributed by atoms with van der Waals surface area (Å²) in [4.78, 5) is 23.5. The molecule has 23 heavy (non-hydrogen) atoms. The highest BCUT2D eigenvalue weighted by atomic mass is 16.2. The highest BCUT2D eigenvalue weighted by molar-refractivity contribution is 5.83. The molecule has 0 radical (unpaired) electrons. The van der Waals surface area contributed by atoms with Crippen molar-refractivity contribution in [2.75, 3.05) is 13.1 Å². The molecule has 0 aromatic carbocycles. The average Bonchev–Trinajstić information content (AvgIpc) is 3.16. The summed E-state index contributed by atoms with van der Waals surface area (Å²) < 4.78 is 3.71. The number of aromatic nitrogens is 5. The third kappa shape index (κ3) is 2.87. The van der Waals surface area contributed by atoms with Gasteiger partial charge in [-0.15, -0.1) is 0 Å². The van der Waals surface area contributed by atoms with E-state index in [9.17, 15) is 4.79 Å². The van der Waals surface area contributed by atoms with E-state index in [1.54, 1.807) is 11.0 Å². The third-order valence-corrected chi connectivity index (χ3v) is 4.62. The van der Waals surface area contributed by atoms with Crippen LogP contribution < -0.4 is 0 Å². The van der Waals surface area contributed by atoms with Crippen molar-refractivity contribution in [1.82, 2.24) is 29.2 Å². The zero-order chi connectivity index (χ0) is 16.6. The van der Waals surface area contributed by atoms with Crippen molar-refractivity contribution < 1.29 is 4.79 Å². The summed E-state index contributed by atoms with van der Waals surface area (Å²) in [5.41, 5.74) is 0.296. The first kappa shape index (κ1) is 15.7. The van der Waals surface area contributed by atoms with Crippen molar-refractivity contribution in [2.45, 2.75) is 45.1 Å². The number of aryl methyl sites for hydroxylation is 2. The monoisotopic (exact) mass is 316 g/mol. The fourth-order valence-corrected chi connectivity index (χ4v) is 3.37. The first-order valence-corrected chi connectivity index (χ1v) is 8.04. The van der Waals surface area contributed by atoms with Crippen molar-refractivity contribution in [3.63, 3.8) is 0 Å². The van der Waals surface area contributed by atoms with Gasteiger partial charge in [-0.1, -0.05) is 0 Å². The van der Waals surface area contributed by atoms with Gasteiger partial charge in [0.05, 0.1) is 5.69 Å². The Bertz CT molecular complexity index is 687. The van der Waals surface area contributed by atoms with E-state index in [1.807, 2.05) is 38.9 Å². The van der Waals surface area contributed by atoms with E-state index in [1.165, 1.54) is 6.33 Å². The van der Waals surface area contributed by atoms with Crippen LogP contribution in [-0.2, 0) is 17.4 Å². The standard InChI is InChI=1S/C16H24N6O/c1-12-8-20(4)14(19-12)13-6-5-7-21(9-13)15(23)16(2,3)22-11-17-10-18-22/h8,10-11,13H,5-7,9H2,1-4H3/t13-/m0/s1. The molecule has 2 aromatic rings. The maximum Gasteiger partial charge on any atom is 0.250 e. The van der Waals surface area contributed by atoms with Crippen LogP contribution in [0.25, 0.3) is 0 Å². The van der Waals surface area contributed by atoms with Gasteiger partial charge >= 0.3 is 0 Å². The van der Waals surface area contributed by atoms with Crippen LogP contribution in [0.3, 0.4) is 0 Å². The van der Waals surface area contributed by atoms with Gasteiger partial charge in [0.25, 0.3) is 0 Å². The molecule has 1 fully saturated rings. The van der Waals surface area contributed by atoms with Gasteiger partial charge in [-0.2, -0.15) is 5.10 Å². The van der Waals surface area contributed by atoms with Gasteiger partial charge in [0.15, 0.2) is 0 Å². The predicted octanol–water partition coefficient (Wildman–Crippen LogP) is 1.46. The molecule has 0 bridgehead atoms. The number of amides is 1. The second kappa shape index (κ2) is 5.79. The molecule has 3 rings (SSSR count). The fourth-order valence-electron chi connectivity index (χ4n) is 3.37. The number of carbonyl (C=O) groups excluding carboxylic acids is 1. The number of likely N-dealkylation sites (tertiary alicyclic amines) is 1. The van der Waals surface area contributed by atoms with E-state index in [0.717, 1.165) is 30.9 Å². The number of imidazole rings is 1. The molecule has 0 aliphatic carbocycles. The molecule has 1 aliphatic heterocycles. The zero-order valence-electron chi connectivity index (χ0n) is 14.2. The van der Waals surface area contributed by atoms with Gasteiger partial charge in [-0.25, -0.2) is 14.6 Å². The molecule has 1 amide bonds. The second-order valence-corrected chi connectivity index (χ2v) is 6.84. The van der Waals surface area contributed by atoms with Crippen LogP contribution in [0.2, 0.25) is 0 Å². The molecule has 1 atom stereocenters. The lowest BCUT2D eigenvalue weighted by Crippen LogP contribution is -2.50. The second-order valence-electron chi connectivity index (χ2n) is 6.84. The van der Waals surface area contributed by atoms with E-state index in [0.29, 0.717) is 6.54 Å². The number of rotatable bonds is 3. The van der Waals surface area contributed by atoms with E-state index >= 15 is 0 Å². The maximum atomic E-state index is 13.0. The fraction of sp³-hybridized carbons (Fsp3) is 0.625. The molecule has 1 aliphatic rings. The molecule has 0 saturated carbocycles. The Morgan fingerprint density at radius 3 is 2.78 bits per heavy atom. The van der Waals surface area contributed by atoms with Crippen LogP contribution >= 0.6 is 0 Å². The highest BCUT2D eigenvalue weighted by Crippen LogP contribution is 2.28. The summed E-state index contributed by atoms with van der Waals surface area (Å²) >= 11 is 0. The molecular weight excluding hydrogens is 292 g/mol. The summed E-state index contributed by atoms with van der Waals surface area (Å²) in [6, 6.07) is 0. The molecule has 0 N–H and O–H groups in total. The van der Waals surface area contributed by atoms with Crippen molar-refractivity contribution in [1.29, 1.82) is 0 Å². The summed E-state index contributed by atoms with van der Waals surface area (Å²) in [6.07, 6.45) is 7.16. The minimum atomic E-state index is -0.726. The van der Waals surface area contributed by atoms with Gasteiger partial charge in [-0.05, 0) is 33.6 Å². The van der Waals surface area contributed by atoms with Gasteiger partial charge in [-0.3, -0.25) is 4.79 Å². The third-order valence-electron chi connectivity index (χ3n) is 4.62. The Kier molecular flexibility index (Phi) is 3.95. The van der Waals surface area contributed by atoms with Crippen LogP contribution in [0.15, 0.2) is 18.9 Å². The average molecular weight is 316 g/mol. The first-order valence-electron chi connectivity index (χ1n) is 8.04. The van der Waals surface area contributed by atoms with Crippen LogP contribution in [0.4, 0.5) is 0 Å². The van der Waals surface area contributed by atoms with E-state index in [-0.39, 0.29) is 11.8 Å². The minimum absolute atomic E-state index is 0.0821. The lowest BCUT2D eigenvalue weighted by Gasteiger charge is -2.37. The SMILES string of the molecule is Cc1cn(C)c([C@H]2CCCN(C(=O)C(C)(C)n3cncn3)C2)n1. The topological polar surface area (TPSA) is 68.8 Å². The zero-order valence-corrected chi connectivity index (χ0v) is 14.2. The molecule has 7 nitrogen and oxygen atoms in total. The Morgan fingerprint density at radius 1 is 1.39 bits per heavy atom. The molecule has 3 heterocycles. The molecule has 124 valence electrons. The highest BCUT2D eigenvalue weighted by Gasteiger charge is 2.37. The van der Waals surface area contributed by atoms with Crippen molar-refractivity contribution in [3.05, 3.63) is 30.4 Å². The van der Waals surface area contributed by atoms with E-state index < -0.39 is 5.54 Å². The quantitative estimate of drug-likeness (QED) is 0.860. The summed E-state index contributed by atoms with van der Waals surface area (Å²) in [5, 5.41) is 4.14. The molecule has 2 aromatic heterocycles. The predicted molar refractivity (Wildman–Crippen MR) is 85.8 cm³/mol. The lowest BCUT2D eigenvalue weighted by molar-refractivity contribution is -0.141. The Balaban J connectivity index is 1.78. The number of nitrogens with zero attached hydrogens (tertiary/aromatic N) is 6. The van der Waals surface area contributed by atoms with E-state index in [2.05, 4.69) is 19.6 Å². The van der Waals surface area contributed by atoms with E-state index in [4.69, 9.17) is 0 Å². The van der Waals surface area contributed by atoms with Crippen LogP contribution in [-0.4, -0.2) is 48.2 Å². The van der Waals surface area contributed by atoms with Crippen molar-refractivity contribution in [2.24, 2.45) is 7.05 Å². The van der Waals surface area contributed by atoms with Crippen LogP contribution in [0.1, 0.15) is 44.1 Å². The Morgan fingerprint density at radius 2 is 2.17 bits per heavy atom.